The number of pyridine rings is 1. The molecular formula is C19H22N2O4. The van der Waals surface area contributed by atoms with Gasteiger partial charge in [-0.2, -0.15) is 0 Å². The number of rotatable bonds is 6. The lowest BCUT2D eigenvalue weighted by Crippen LogP contribution is -2.34. The quantitative estimate of drug-likeness (QED) is 0.807. The number of amides is 1. The summed E-state index contributed by atoms with van der Waals surface area (Å²) in [7, 11) is 1.61. The average Bonchev–Trinajstić information content (AvgIpc) is 3.10. The van der Waals surface area contributed by atoms with Crippen LogP contribution < -0.4 is 14.2 Å². The summed E-state index contributed by atoms with van der Waals surface area (Å²) in [5, 5.41) is 0. The number of hydrogen-bond donors (Lipinski definition) is 0. The maximum absolute atomic E-state index is 12.3. The minimum absolute atomic E-state index is 0.0157. The second-order valence-electron chi connectivity index (χ2n) is 6.01. The van der Waals surface area contributed by atoms with Crippen molar-refractivity contribution in [1.82, 2.24) is 9.88 Å². The van der Waals surface area contributed by atoms with Gasteiger partial charge in [0.05, 0.1) is 13.7 Å². The molecule has 1 unspecified atom stereocenters. The van der Waals surface area contributed by atoms with Gasteiger partial charge in [-0.05, 0) is 36.8 Å². The molecule has 2 aromatic rings. The number of benzene rings is 1. The van der Waals surface area contributed by atoms with Crippen LogP contribution in [-0.4, -0.2) is 48.7 Å². The van der Waals surface area contributed by atoms with Crippen LogP contribution in [0.2, 0.25) is 0 Å². The Labute approximate surface area is 147 Å². The highest BCUT2D eigenvalue weighted by atomic mass is 16.5. The molecule has 6 nitrogen and oxygen atoms in total. The Kier molecular flexibility index (Phi) is 5.38. The van der Waals surface area contributed by atoms with Gasteiger partial charge < -0.3 is 19.1 Å². The number of hydrogen-bond acceptors (Lipinski definition) is 5. The SMILES string of the molecule is COc1ccc(OCC(=O)N2CCC(Oc3ccc(C)cn3)C2)cc1. The molecule has 1 aliphatic heterocycles. The summed E-state index contributed by atoms with van der Waals surface area (Å²) in [6, 6.07) is 11.0. The Bertz CT molecular complexity index is 700. The lowest BCUT2D eigenvalue weighted by atomic mass is 10.3. The second kappa shape index (κ2) is 7.88. The first-order chi connectivity index (χ1) is 12.1. The van der Waals surface area contributed by atoms with E-state index in [4.69, 9.17) is 14.2 Å². The van der Waals surface area contributed by atoms with E-state index in [-0.39, 0.29) is 18.6 Å². The summed E-state index contributed by atoms with van der Waals surface area (Å²) >= 11 is 0. The van der Waals surface area contributed by atoms with Gasteiger partial charge in [-0.3, -0.25) is 4.79 Å². The van der Waals surface area contributed by atoms with Crippen LogP contribution >= 0.6 is 0 Å². The number of carbonyl (C=O) groups is 1. The van der Waals surface area contributed by atoms with Gasteiger partial charge in [-0.15, -0.1) is 0 Å². The molecule has 0 radical (unpaired) electrons. The minimum atomic E-state index is -0.0428. The highest BCUT2D eigenvalue weighted by Gasteiger charge is 2.28. The van der Waals surface area contributed by atoms with Crippen LogP contribution in [-0.2, 0) is 4.79 Å². The Balaban J connectivity index is 1.46. The van der Waals surface area contributed by atoms with E-state index in [1.165, 1.54) is 0 Å². The maximum atomic E-state index is 12.3. The summed E-state index contributed by atoms with van der Waals surface area (Å²) in [5.41, 5.74) is 1.09. The summed E-state index contributed by atoms with van der Waals surface area (Å²) in [5.74, 6) is 1.95. The van der Waals surface area contributed by atoms with Crippen molar-refractivity contribution < 1.29 is 19.0 Å². The summed E-state index contributed by atoms with van der Waals surface area (Å²) in [6.45, 7) is 3.22. The first-order valence-corrected chi connectivity index (χ1v) is 8.28. The van der Waals surface area contributed by atoms with Gasteiger partial charge in [0.25, 0.3) is 5.91 Å². The molecule has 1 aliphatic rings. The number of nitrogens with zero attached hydrogens (tertiary/aromatic N) is 2. The first kappa shape index (κ1) is 17.1. The van der Waals surface area contributed by atoms with Crippen molar-refractivity contribution in [3.8, 4) is 17.4 Å². The third-order valence-electron chi connectivity index (χ3n) is 4.09. The number of ether oxygens (including phenoxy) is 3. The fourth-order valence-corrected chi connectivity index (χ4v) is 2.65. The molecule has 132 valence electrons. The van der Waals surface area contributed by atoms with E-state index in [1.807, 2.05) is 19.1 Å². The van der Waals surface area contributed by atoms with Gasteiger partial charge in [-0.25, -0.2) is 4.98 Å². The van der Waals surface area contributed by atoms with E-state index in [9.17, 15) is 4.79 Å². The van der Waals surface area contributed by atoms with E-state index in [0.717, 1.165) is 17.7 Å². The fourth-order valence-electron chi connectivity index (χ4n) is 2.65. The molecule has 6 heteroatoms. The van der Waals surface area contributed by atoms with Gasteiger partial charge in [0.1, 0.15) is 17.6 Å². The van der Waals surface area contributed by atoms with Crippen molar-refractivity contribution in [3.05, 3.63) is 48.2 Å². The lowest BCUT2D eigenvalue weighted by Gasteiger charge is -2.17. The molecule has 1 fully saturated rings. The molecule has 0 saturated carbocycles. The zero-order valence-electron chi connectivity index (χ0n) is 14.5. The van der Waals surface area contributed by atoms with Crippen molar-refractivity contribution in [2.75, 3.05) is 26.8 Å². The first-order valence-electron chi connectivity index (χ1n) is 8.28. The summed E-state index contributed by atoms with van der Waals surface area (Å²) < 4.78 is 16.5. The van der Waals surface area contributed by atoms with Crippen LogP contribution in [0.5, 0.6) is 17.4 Å². The highest BCUT2D eigenvalue weighted by Crippen LogP contribution is 2.19. The average molecular weight is 342 g/mol. The largest absolute Gasteiger partial charge is 0.497 e. The number of likely N-dealkylation sites (tertiary alicyclic amines) is 1. The normalized spacial score (nSPS) is 16.6. The van der Waals surface area contributed by atoms with Crippen LogP contribution in [0, 0.1) is 6.92 Å². The molecule has 2 heterocycles. The Morgan fingerprint density at radius 3 is 2.64 bits per heavy atom. The number of carbonyl (C=O) groups excluding carboxylic acids is 1. The summed E-state index contributed by atoms with van der Waals surface area (Å²) in [4.78, 5) is 18.3. The predicted molar refractivity (Wildman–Crippen MR) is 93.1 cm³/mol. The standard InChI is InChI=1S/C19H22N2O4/c1-14-3-8-18(20-11-14)25-17-9-10-21(12-17)19(22)13-24-16-6-4-15(23-2)5-7-16/h3-8,11,17H,9-10,12-13H2,1-2H3. The maximum Gasteiger partial charge on any atom is 0.260 e. The van der Waals surface area contributed by atoms with Gasteiger partial charge in [0.2, 0.25) is 5.88 Å². The van der Waals surface area contributed by atoms with E-state index in [1.54, 1.807) is 42.5 Å². The van der Waals surface area contributed by atoms with Gasteiger partial charge in [0, 0.05) is 25.2 Å². The minimum Gasteiger partial charge on any atom is -0.497 e. The van der Waals surface area contributed by atoms with Gasteiger partial charge >= 0.3 is 0 Å². The van der Waals surface area contributed by atoms with E-state index < -0.39 is 0 Å². The van der Waals surface area contributed by atoms with Crippen LogP contribution in [0.15, 0.2) is 42.6 Å². The highest BCUT2D eigenvalue weighted by molar-refractivity contribution is 5.78. The van der Waals surface area contributed by atoms with Crippen molar-refractivity contribution in [3.63, 3.8) is 0 Å². The molecule has 1 saturated heterocycles. The van der Waals surface area contributed by atoms with Crippen LogP contribution in [0.25, 0.3) is 0 Å². The van der Waals surface area contributed by atoms with E-state index in [2.05, 4.69) is 4.98 Å². The molecule has 3 rings (SSSR count). The molecule has 0 bridgehead atoms. The van der Waals surface area contributed by atoms with Gasteiger partial charge in [-0.1, -0.05) is 6.07 Å². The van der Waals surface area contributed by atoms with Crippen molar-refractivity contribution in [1.29, 1.82) is 0 Å². The van der Waals surface area contributed by atoms with Crippen molar-refractivity contribution in [2.45, 2.75) is 19.4 Å². The topological polar surface area (TPSA) is 60.9 Å². The molecular weight excluding hydrogens is 320 g/mol. The molecule has 1 amide bonds. The molecule has 25 heavy (non-hydrogen) atoms. The number of methoxy groups -OCH3 is 1. The van der Waals surface area contributed by atoms with Crippen molar-refractivity contribution in [2.24, 2.45) is 0 Å². The Hall–Kier alpha value is -2.76. The number of aromatic nitrogens is 1. The predicted octanol–water partition coefficient (Wildman–Crippen LogP) is 2.46. The zero-order chi connectivity index (χ0) is 17.6. The van der Waals surface area contributed by atoms with Crippen LogP contribution in [0.3, 0.4) is 0 Å². The fraction of sp³-hybridized carbons (Fsp3) is 0.368. The van der Waals surface area contributed by atoms with E-state index in [0.29, 0.717) is 24.7 Å². The molecule has 1 atom stereocenters. The van der Waals surface area contributed by atoms with E-state index >= 15 is 0 Å². The Morgan fingerprint density at radius 1 is 1.20 bits per heavy atom. The Morgan fingerprint density at radius 2 is 1.96 bits per heavy atom. The lowest BCUT2D eigenvalue weighted by molar-refractivity contribution is -0.132. The molecule has 0 aliphatic carbocycles. The second-order valence-corrected chi connectivity index (χ2v) is 6.01. The van der Waals surface area contributed by atoms with Crippen LogP contribution in [0.1, 0.15) is 12.0 Å². The monoisotopic (exact) mass is 342 g/mol. The van der Waals surface area contributed by atoms with Gasteiger partial charge in [0.15, 0.2) is 6.61 Å². The van der Waals surface area contributed by atoms with Crippen LogP contribution in [0.4, 0.5) is 0 Å². The third kappa shape index (κ3) is 4.62. The molecule has 0 N–H and O–H groups in total. The zero-order valence-corrected chi connectivity index (χ0v) is 14.5. The molecule has 0 spiro atoms. The molecule has 1 aromatic heterocycles. The van der Waals surface area contributed by atoms with Crippen molar-refractivity contribution >= 4 is 5.91 Å². The third-order valence-corrected chi connectivity index (χ3v) is 4.09. The molecule has 1 aromatic carbocycles. The number of aryl methyl sites for hydroxylation is 1. The summed E-state index contributed by atoms with van der Waals surface area (Å²) in [6.07, 6.45) is 2.54. The smallest absolute Gasteiger partial charge is 0.260 e.